The van der Waals surface area contributed by atoms with Crippen LogP contribution in [0.5, 0.6) is 5.75 Å². The first-order valence-corrected chi connectivity index (χ1v) is 8.96. The van der Waals surface area contributed by atoms with Crippen LogP contribution in [0, 0.1) is 0 Å². The van der Waals surface area contributed by atoms with Crippen molar-refractivity contribution in [3.05, 3.63) is 47.7 Å². The van der Waals surface area contributed by atoms with Crippen LogP contribution in [-0.2, 0) is 4.79 Å². The van der Waals surface area contributed by atoms with Crippen molar-refractivity contribution in [1.29, 1.82) is 0 Å². The van der Waals surface area contributed by atoms with E-state index in [0.717, 1.165) is 16.3 Å². The number of rotatable bonds is 7. The largest absolute Gasteiger partial charge is 0.497 e. The van der Waals surface area contributed by atoms with Crippen LogP contribution in [0.3, 0.4) is 0 Å². The Kier molecular flexibility index (Phi) is 5.65. The van der Waals surface area contributed by atoms with E-state index in [0.29, 0.717) is 11.8 Å². The van der Waals surface area contributed by atoms with Gasteiger partial charge < -0.3 is 14.5 Å². The summed E-state index contributed by atoms with van der Waals surface area (Å²) in [5, 5.41) is 13.0. The highest BCUT2D eigenvalue weighted by molar-refractivity contribution is 7.13. The second-order valence-corrected chi connectivity index (χ2v) is 6.74. The van der Waals surface area contributed by atoms with E-state index in [-0.39, 0.29) is 18.5 Å². The number of nitrogens with zero attached hydrogens (tertiary/aromatic N) is 3. The number of benzene rings is 1. The topological polar surface area (TPSA) is 80.5 Å². The second kappa shape index (κ2) is 8.11. The molecule has 7 nitrogen and oxygen atoms in total. The van der Waals surface area contributed by atoms with Crippen LogP contribution in [0.15, 0.2) is 46.2 Å². The number of thiophene rings is 1. The summed E-state index contributed by atoms with van der Waals surface area (Å²) in [7, 11) is 3.44. The smallest absolute Gasteiger partial charge is 0.257 e. The van der Waals surface area contributed by atoms with E-state index in [9.17, 15) is 4.79 Å². The number of amides is 1. The molecule has 0 radical (unpaired) electrons. The van der Waals surface area contributed by atoms with Crippen molar-refractivity contribution >= 4 is 22.9 Å². The minimum Gasteiger partial charge on any atom is -0.497 e. The van der Waals surface area contributed by atoms with Crippen molar-refractivity contribution in [1.82, 2.24) is 15.1 Å². The van der Waals surface area contributed by atoms with Gasteiger partial charge in [-0.2, -0.15) is 0 Å². The number of methoxy groups -OCH3 is 1. The number of likely N-dealkylation sites (N-methyl/N-ethyl adjacent to an activating group) is 1. The van der Waals surface area contributed by atoms with Crippen molar-refractivity contribution in [2.45, 2.75) is 13.0 Å². The Balaban J connectivity index is 1.58. The molecule has 1 aromatic carbocycles. The molecule has 2 aromatic heterocycles. The molecule has 8 heteroatoms. The van der Waals surface area contributed by atoms with Crippen molar-refractivity contribution in [3.63, 3.8) is 0 Å². The van der Waals surface area contributed by atoms with E-state index in [4.69, 9.17) is 9.15 Å². The lowest BCUT2D eigenvalue weighted by Crippen LogP contribution is -2.32. The van der Waals surface area contributed by atoms with Crippen LogP contribution in [0.25, 0.3) is 10.8 Å². The van der Waals surface area contributed by atoms with Gasteiger partial charge in [-0.1, -0.05) is 6.07 Å². The third-order valence-electron chi connectivity index (χ3n) is 3.96. The maximum absolute atomic E-state index is 12.3. The Bertz CT molecular complexity index is 846. The Labute approximate surface area is 155 Å². The molecule has 0 saturated heterocycles. The molecule has 3 rings (SSSR count). The predicted octanol–water partition coefficient (Wildman–Crippen LogP) is 3.44. The first kappa shape index (κ1) is 18.1. The van der Waals surface area contributed by atoms with Crippen LogP contribution < -0.4 is 10.1 Å². The number of carbonyl (C=O) groups excluding carboxylic acids is 1. The SMILES string of the molecule is COc1ccc(NC(=O)CN(C)[C@@H](C)c2nnc(-c3cccs3)o2)cc1. The van der Waals surface area contributed by atoms with Crippen molar-refractivity contribution in [2.75, 3.05) is 26.0 Å². The first-order chi connectivity index (χ1) is 12.6. The number of nitrogens with one attached hydrogen (secondary N) is 1. The third-order valence-corrected chi connectivity index (χ3v) is 4.82. The summed E-state index contributed by atoms with van der Waals surface area (Å²) < 4.78 is 10.8. The molecular formula is C18H20N4O3S. The minimum atomic E-state index is -0.183. The van der Waals surface area contributed by atoms with Crippen LogP contribution >= 0.6 is 11.3 Å². The standard InChI is InChI=1S/C18H20N4O3S/c1-12(17-20-21-18(25-17)15-5-4-10-26-15)22(2)11-16(23)19-13-6-8-14(24-3)9-7-13/h4-10,12H,11H2,1-3H3,(H,19,23)/t12-/m0/s1. The fraction of sp³-hybridized carbons (Fsp3) is 0.278. The van der Waals surface area contributed by atoms with Crippen LogP contribution in [0.4, 0.5) is 5.69 Å². The summed E-state index contributed by atoms with van der Waals surface area (Å²) in [5.74, 6) is 1.60. The monoisotopic (exact) mass is 372 g/mol. The molecule has 2 heterocycles. The summed E-state index contributed by atoms with van der Waals surface area (Å²) in [4.78, 5) is 15.0. The summed E-state index contributed by atoms with van der Waals surface area (Å²) in [6, 6.07) is 10.9. The average molecular weight is 372 g/mol. The molecule has 1 atom stereocenters. The molecule has 0 spiro atoms. The quantitative estimate of drug-likeness (QED) is 0.684. The summed E-state index contributed by atoms with van der Waals surface area (Å²) in [6.45, 7) is 2.12. The third kappa shape index (κ3) is 4.27. The normalized spacial score (nSPS) is 12.2. The van der Waals surface area contributed by atoms with Gasteiger partial charge in [-0.05, 0) is 49.7 Å². The molecule has 0 unspecified atom stereocenters. The molecule has 0 saturated carbocycles. The van der Waals surface area contributed by atoms with Gasteiger partial charge in [-0.15, -0.1) is 21.5 Å². The minimum absolute atomic E-state index is 0.123. The van der Waals surface area contributed by atoms with E-state index in [2.05, 4.69) is 15.5 Å². The highest BCUT2D eigenvalue weighted by Gasteiger charge is 2.21. The second-order valence-electron chi connectivity index (χ2n) is 5.79. The Hall–Kier alpha value is -2.71. The van der Waals surface area contributed by atoms with Gasteiger partial charge in [-0.25, -0.2) is 0 Å². The van der Waals surface area contributed by atoms with E-state index in [1.54, 1.807) is 42.7 Å². The predicted molar refractivity (Wildman–Crippen MR) is 100 cm³/mol. The molecule has 136 valence electrons. The van der Waals surface area contributed by atoms with E-state index < -0.39 is 0 Å². The lowest BCUT2D eigenvalue weighted by atomic mass is 10.2. The van der Waals surface area contributed by atoms with Crippen LogP contribution in [0.1, 0.15) is 18.9 Å². The molecule has 0 fully saturated rings. The molecule has 0 aliphatic carbocycles. The van der Waals surface area contributed by atoms with Crippen LogP contribution in [-0.4, -0.2) is 41.7 Å². The van der Waals surface area contributed by atoms with Gasteiger partial charge in [-0.3, -0.25) is 9.69 Å². The lowest BCUT2D eigenvalue weighted by molar-refractivity contribution is -0.117. The van der Waals surface area contributed by atoms with Crippen molar-refractivity contribution < 1.29 is 13.9 Å². The molecule has 3 aromatic rings. The van der Waals surface area contributed by atoms with E-state index in [1.165, 1.54) is 0 Å². The summed E-state index contributed by atoms with van der Waals surface area (Å²) in [6.07, 6.45) is 0. The molecule has 1 amide bonds. The Morgan fingerprint density at radius 3 is 2.73 bits per heavy atom. The number of carbonyl (C=O) groups is 1. The molecule has 1 N–H and O–H groups in total. The van der Waals surface area contributed by atoms with Gasteiger partial charge in [0.05, 0.1) is 24.6 Å². The average Bonchev–Trinajstić information content (AvgIpc) is 3.33. The molecule has 26 heavy (non-hydrogen) atoms. The zero-order valence-electron chi connectivity index (χ0n) is 14.8. The molecule has 0 aliphatic rings. The maximum atomic E-state index is 12.3. The van der Waals surface area contributed by atoms with Gasteiger partial charge in [0.25, 0.3) is 5.89 Å². The highest BCUT2D eigenvalue weighted by atomic mass is 32.1. The lowest BCUT2D eigenvalue weighted by Gasteiger charge is -2.21. The zero-order valence-corrected chi connectivity index (χ0v) is 15.6. The van der Waals surface area contributed by atoms with Gasteiger partial charge in [0.2, 0.25) is 11.8 Å². The summed E-state index contributed by atoms with van der Waals surface area (Å²) in [5.41, 5.74) is 0.717. The van der Waals surface area contributed by atoms with Crippen molar-refractivity contribution in [3.8, 4) is 16.5 Å². The number of hydrogen-bond donors (Lipinski definition) is 1. The first-order valence-electron chi connectivity index (χ1n) is 8.08. The van der Waals surface area contributed by atoms with Gasteiger partial charge >= 0.3 is 0 Å². The number of ether oxygens (including phenoxy) is 1. The molecular weight excluding hydrogens is 352 g/mol. The zero-order chi connectivity index (χ0) is 18.5. The number of anilines is 1. The van der Waals surface area contributed by atoms with Crippen molar-refractivity contribution in [2.24, 2.45) is 0 Å². The van der Waals surface area contributed by atoms with Crippen LogP contribution in [0.2, 0.25) is 0 Å². The maximum Gasteiger partial charge on any atom is 0.257 e. The van der Waals surface area contributed by atoms with Gasteiger partial charge in [0.1, 0.15) is 5.75 Å². The molecule has 0 aliphatic heterocycles. The summed E-state index contributed by atoms with van der Waals surface area (Å²) >= 11 is 1.54. The number of hydrogen-bond acceptors (Lipinski definition) is 7. The Morgan fingerprint density at radius 1 is 1.31 bits per heavy atom. The fourth-order valence-electron chi connectivity index (χ4n) is 2.33. The fourth-order valence-corrected chi connectivity index (χ4v) is 2.97. The number of aromatic nitrogens is 2. The van der Waals surface area contributed by atoms with E-state index >= 15 is 0 Å². The Morgan fingerprint density at radius 2 is 2.08 bits per heavy atom. The van der Waals surface area contributed by atoms with Gasteiger partial charge in [0, 0.05) is 5.69 Å². The van der Waals surface area contributed by atoms with Gasteiger partial charge in [0.15, 0.2) is 0 Å². The van der Waals surface area contributed by atoms with E-state index in [1.807, 2.05) is 36.4 Å². The molecule has 0 bridgehead atoms. The highest BCUT2D eigenvalue weighted by Crippen LogP contribution is 2.26.